The molecule has 0 saturated carbocycles. The van der Waals surface area contributed by atoms with Crippen LogP contribution in [0, 0.1) is 5.82 Å². The van der Waals surface area contributed by atoms with Crippen LogP contribution < -0.4 is 10.1 Å². The fourth-order valence-corrected chi connectivity index (χ4v) is 2.87. The molecule has 1 atom stereocenters. The lowest BCUT2D eigenvalue weighted by Gasteiger charge is -2.20. The summed E-state index contributed by atoms with van der Waals surface area (Å²) in [5.74, 6) is 0.550. The maximum atomic E-state index is 14.2. The van der Waals surface area contributed by atoms with Crippen molar-refractivity contribution in [1.29, 1.82) is 0 Å². The van der Waals surface area contributed by atoms with Crippen molar-refractivity contribution < 1.29 is 9.13 Å². The van der Waals surface area contributed by atoms with Crippen molar-refractivity contribution in [2.24, 2.45) is 0 Å². The average Bonchev–Trinajstić information content (AvgIpc) is 2.42. The minimum atomic E-state index is -0.240. The molecule has 2 rings (SSSR count). The van der Waals surface area contributed by atoms with Gasteiger partial charge in [-0.2, -0.15) is 0 Å². The van der Waals surface area contributed by atoms with Crippen LogP contribution in [0.15, 0.2) is 46.9 Å². The number of hydrogen-bond acceptors (Lipinski definition) is 2. The summed E-state index contributed by atoms with van der Waals surface area (Å²) in [6, 6.07) is 12.5. The Hall–Kier alpha value is -1.39. The van der Waals surface area contributed by atoms with Crippen molar-refractivity contribution in [3.05, 3.63) is 63.9 Å². The van der Waals surface area contributed by atoms with Crippen LogP contribution in [-0.4, -0.2) is 13.2 Å². The number of benzene rings is 2. The molecule has 0 fully saturated rings. The molecule has 21 heavy (non-hydrogen) atoms. The van der Waals surface area contributed by atoms with Crippen molar-refractivity contribution >= 4 is 15.9 Å². The molecule has 0 heterocycles. The molecule has 112 valence electrons. The number of halogens is 2. The summed E-state index contributed by atoms with van der Waals surface area (Å²) in [6.45, 7) is 3.96. The van der Waals surface area contributed by atoms with E-state index in [1.807, 2.05) is 51.2 Å². The molecule has 1 N–H and O–H groups in total. The first kappa shape index (κ1) is 16.0. The van der Waals surface area contributed by atoms with Gasteiger partial charge in [-0.15, -0.1) is 0 Å². The highest BCUT2D eigenvalue weighted by molar-refractivity contribution is 9.10. The Bertz CT molecular complexity index is 595. The van der Waals surface area contributed by atoms with E-state index in [2.05, 4.69) is 21.2 Å². The maximum Gasteiger partial charge on any atom is 0.129 e. The summed E-state index contributed by atoms with van der Waals surface area (Å²) in [5.41, 5.74) is 1.56. The van der Waals surface area contributed by atoms with Crippen LogP contribution >= 0.6 is 15.9 Å². The molecule has 0 radical (unpaired) electrons. The van der Waals surface area contributed by atoms with E-state index in [0.29, 0.717) is 5.56 Å². The highest BCUT2D eigenvalue weighted by Crippen LogP contribution is 2.32. The van der Waals surface area contributed by atoms with Crippen LogP contribution in [-0.2, 0) is 0 Å². The van der Waals surface area contributed by atoms with Gasteiger partial charge in [0.05, 0.1) is 12.1 Å². The molecule has 0 bridgehead atoms. The van der Waals surface area contributed by atoms with E-state index in [4.69, 9.17) is 4.74 Å². The minimum absolute atomic E-state index is 0.105. The second kappa shape index (κ2) is 7.05. The Morgan fingerprint density at radius 1 is 1.14 bits per heavy atom. The van der Waals surface area contributed by atoms with Gasteiger partial charge in [0.15, 0.2) is 0 Å². The predicted molar refractivity (Wildman–Crippen MR) is 87.2 cm³/mol. The molecular weight excluding hydrogens is 333 g/mol. The summed E-state index contributed by atoms with van der Waals surface area (Å²) in [6.07, 6.45) is 0.105. The van der Waals surface area contributed by atoms with Gasteiger partial charge in [-0.05, 0) is 50.7 Å². The van der Waals surface area contributed by atoms with Crippen molar-refractivity contribution in [3.63, 3.8) is 0 Å². The Balaban J connectivity index is 2.42. The van der Waals surface area contributed by atoms with Crippen LogP contribution in [0.3, 0.4) is 0 Å². The van der Waals surface area contributed by atoms with Crippen LogP contribution in [0.4, 0.5) is 4.39 Å². The van der Waals surface area contributed by atoms with Gasteiger partial charge in [-0.3, -0.25) is 0 Å². The van der Waals surface area contributed by atoms with E-state index in [1.54, 1.807) is 6.07 Å². The lowest BCUT2D eigenvalue weighted by atomic mass is 9.98. The fraction of sp³-hybridized carbons (Fsp3) is 0.294. The summed E-state index contributed by atoms with van der Waals surface area (Å²) in [4.78, 5) is 0. The molecule has 0 amide bonds. The molecule has 0 spiro atoms. The number of hydrogen-bond donors (Lipinski definition) is 1. The van der Waals surface area contributed by atoms with E-state index in [1.165, 1.54) is 6.07 Å². The highest BCUT2D eigenvalue weighted by atomic mass is 79.9. The first-order chi connectivity index (χ1) is 10.0. The van der Waals surface area contributed by atoms with E-state index < -0.39 is 0 Å². The second-order valence-electron chi connectivity index (χ2n) is 5.10. The molecule has 0 aliphatic carbocycles. The SMILES string of the molecule is CNC(c1cccc(OC(C)C)c1)c1c(F)cccc1Br. The third-order valence-electron chi connectivity index (χ3n) is 3.14. The molecule has 0 aliphatic rings. The van der Waals surface area contributed by atoms with Gasteiger partial charge >= 0.3 is 0 Å². The van der Waals surface area contributed by atoms with Gasteiger partial charge in [0.25, 0.3) is 0 Å². The first-order valence-corrected chi connectivity index (χ1v) is 7.70. The molecule has 1 unspecified atom stereocenters. The van der Waals surface area contributed by atoms with Crippen LogP contribution in [0.25, 0.3) is 0 Å². The predicted octanol–water partition coefficient (Wildman–Crippen LogP) is 4.68. The summed E-state index contributed by atoms with van der Waals surface area (Å²) in [5, 5.41) is 3.17. The second-order valence-corrected chi connectivity index (χ2v) is 5.95. The van der Waals surface area contributed by atoms with E-state index in [-0.39, 0.29) is 18.0 Å². The van der Waals surface area contributed by atoms with Gasteiger partial charge in [0, 0.05) is 10.0 Å². The number of nitrogens with one attached hydrogen (secondary N) is 1. The number of ether oxygens (including phenoxy) is 1. The topological polar surface area (TPSA) is 21.3 Å². The summed E-state index contributed by atoms with van der Waals surface area (Å²) < 4.78 is 20.6. The largest absolute Gasteiger partial charge is 0.491 e. The van der Waals surface area contributed by atoms with Crippen molar-refractivity contribution in [3.8, 4) is 5.75 Å². The van der Waals surface area contributed by atoms with Crippen LogP contribution in [0.2, 0.25) is 0 Å². The van der Waals surface area contributed by atoms with Crippen LogP contribution in [0.5, 0.6) is 5.75 Å². The maximum absolute atomic E-state index is 14.2. The van der Waals surface area contributed by atoms with E-state index in [0.717, 1.165) is 15.8 Å². The zero-order valence-corrected chi connectivity index (χ0v) is 13.9. The quantitative estimate of drug-likeness (QED) is 0.843. The summed E-state index contributed by atoms with van der Waals surface area (Å²) >= 11 is 3.43. The third-order valence-corrected chi connectivity index (χ3v) is 3.83. The summed E-state index contributed by atoms with van der Waals surface area (Å²) in [7, 11) is 1.82. The van der Waals surface area contributed by atoms with E-state index >= 15 is 0 Å². The Labute approximate surface area is 133 Å². The van der Waals surface area contributed by atoms with Gasteiger partial charge in [-0.1, -0.05) is 34.1 Å². The smallest absolute Gasteiger partial charge is 0.129 e. The number of rotatable bonds is 5. The molecule has 2 nitrogen and oxygen atoms in total. The zero-order valence-electron chi connectivity index (χ0n) is 12.4. The average molecular weight is 352 g/mol. The molecule has 4 heteroatoms. The minimum Gasteiger partial charge on any atom is -0.491 e. The van der Waals surface area contributed by atoms with Crippen molar-refractivity contribution in [1.82, 2.24) is 5.32 Å². The molecule has 0 saturated heterocycles. The monoisotopic (exact) mass is 351 g/mol. The first-order valence-electron chi connectivity index (χ1n) is 6.90. The molecule has 2 aromatic rings. The van der Waals surface area contributed by atoms with Gasteiger partial charge in [0.2, 0.25) is 0 Å². The molecular formula is C17H19BrFNO. The highest BCUT2D eigenvalue weighted by Gasteiger charge is 2.19. The third kappa shape index (κ3) is 3.83. The van der Waals surface area contributed by atoms with Crippen LogP contribution in [0.1, 0.15) is 31.0 Å². The lowest BCUT2D eigenvalue weighted by Crippen LogP contribution is -2.19. The molecule has 0 aromatic heterocycles. The fourth-order valence-electron chi connectivity index (χ4n) is 2.30. The van der Waals surface area contributed by atoms with Gasteiger partial charge in [0.1, 0.15) is 11.6 Å². The standard InChI is InChI=1S/C17H19BrFNO/c1-11(2)21-13-7-4-6-12(10-13)17(20-3)16-14(18)8-5-9-15(16)19/h4-11,17,20H,1-3H3. The Morgan fingerprint density at radius 3 is 2.48 bits per heavy atom. The Morgan fingerprint density at radius 2 is 1.86 bits per heavy atom. The van der Waals surface area contributed by atoms with Gasteiger partial charge < -0.3 is 10.1 Å². The molecule has 2 aromatic carbocycles. The Kier molecular flexibility index (Phi) is 5.37. The zero-order chi connectivity index (χ0) is 15.4. The van der Waals surface area contributed by atoms with Crippen molar-refractivity contribution in [2.45, 2.75) is 26.0 Å². The lowest BCUT2D eigenvalue weighted by molar-refractivity contribution is 0.242. The normalized spacial score (nSPS) is 12.5. The van der Waals surface area contributed by atoms with E-state index in [9.17, 15) is 4.39 Å². The molecule has 0 aliphatic heterocycles. The van der Waals surface area contributed by atoms with Gasteiger partial charge in [-0.25, -0.2) is 4.39 Å². The van der Waals surface area contributed by atoms with Crippen molar-refractivity contribution in [2.75, 3.05) is 7.05 Å².